The van der Waals surface area contributed by atoms with Crippen LogP contribution in [0.3, 0.4) is 0 Å². The molecule has 0 aromatic carbocycles. The number of rotatable bonds is 5. The van der Waals surface area contributed by atoms with E-state index in [1.807, 2.05) is 26.1 Å². The highest BCUT2D eigenvalue weighted by Gasteiger charge is 2.02. The Kier molecular flexibility index (Phi) is 3.99. The molecule has 0 amide bonds. The molecule has 1 N–H and O–H groups in total. The Morgan fingerprint density at radius 3 is 2.77 bits per heavy atom. The molecule has 0 aliphatic carbocycles. The van der Waals surface area contributed by atoms with E-state index in [-0.39, 0.29) is 0 Å². The van der Waals surface area contributed by atoms with E-state index in [1.54, 1.807) is 0 Å². The Morgan fingerprint density at radius 2 is 2.23 bits per heavy atom. The molecule has 3 heteroatoms. The number of likely N-dealkylation sites (N-methyl/N-ethyl adjacent to an activating group) is 2. The van der Waals surface area contributed by atoms with Crippen LogP contribution in [-0.4, -0.2) is 32.1 Å². The van der Waals surface area contributed by atoms with Gasteiger partial charge in [0, 0.05) is 13.1 Å². The van der Waals surface area contributed by atoms with Gasteiger partial charge in [-0.2, -0.15) is 0 Å². The fourth-order valence-electron chi connectivity index (χ4n) is 1.22. The van der Waals surface area contributed by atoms with Gasteiger partial charge in [0.15, 0.2) is 0 Å². The summed E-state index contributed by atoms with van der Waals surface area (Å²) in [4.78, 5) is 2.23. The van der Waals surface area contributed by atoms with Crippen LogP contribution in [0.2, 0.25) is 0 Å². The first-order valence-electron chi connectivity index (χ1n) is 4.61. The number of furan rings is 1. The van der Waals surface area contributed by atoms with Gasteiger partial charge in [0.1, 0.15) is 11.5 Å². The van der Waals surface area contributed by atoms with E-state index in [0.29, 0.717) is 0 Å². The lowest BCUT2D eigenvalue weighted by Gasteiger charge is -2.14. The predicted octanol–water partition coefficient (Wildman–Crippen LogP) is 1.24. The van der Waals surface area contributed by atoms with Crippen LogP contribution >= 0.6 is 0 Å². The van der Waals surface area contributed by atoms with Crippen molar-refractivity contribution in [3.05, 3.63) is 23.7 Å². The van der Waals surface area contributed by atoms with E-state index >= 15 is 0 Å². The van der Waals surface area contributed by atoms with Crippen LogP contribution in [0.1, 0.15) is 11.5 Å². The Bertz CT molecular complexity index is 245. The number of aryl methyl sites for hydroxylation is 1. The summed E-state index contributed by atoms with van der Waals surface area (Å²) in [7, 11) is 4.06. The van der Waals surface area contributed by atoms with Crippen molar-refractivity contribution in [3.8, 4) is 0 Å². The molecule has 1 heterocycles. The van der Waals surface area contributed by atoms with Crippen molar-refractivity contribution in [2.45, 2.75) is 13.5 Å². The standard InChI is InChI=1S/C10H18N2O/c1-9-4-5-10(13-9)8-12(3)7-6-11-2/h4-5,11H,6-8H2,1-3H3. The maximum Gasteiger partial charge on any atom is 0.118 e. The van der Waals surface area contributed by atoms with E-state index in [0.717, 1.165) is 31.2 Å². The third-order valence-electron chi connectivity index (χ3n) is 1.97. The van der Waals surface area contributed by atoms with E-state index in [9.17, 15) is 0 Å². The van der Waals surface area contributed by atoms with Gasteiger partial charge in [-0.25, -0.2) is 0 Å². The molecule has 13 heavy (non-hydrogen) atoms. The van der Waals surface area contributed by atoms with Crippen molar-refractivity contribution < 1.29 is 4.42 Å². The molecule has 0 aliphatic heterocycles. The third kappa shape index (κ3) is 3.61. The van der Waals surface area contributed by atoms with Gasteiger partial charge in [0.2, 0.25) is 0 Å². The zero-order valence-electron chi connectivity index (χ0n) is 8.63. The van der Waals surface area contributed by atoms with Gasteiger partial charge in [-0.05, 0) is 33.2 Å². The predicted molar refractivity (Wildman–Crippen MR) is 53.7 cm³/mol. The monoisotopic (exact) mass is 182 g/mol. The largest absolute Gasteiger partial charge is 0.465 e. The lowest BCUT2D eigenvalue weighted by atomic mass is 10.4. The quantitative estimate of drug-likeness (QED) is 0.742. The second-order valence-corrected chi connectivity index (χ2v) is 3.35. The Labute approximate surface area is 79.7 Å². The number of nitrogens with zero attached hydrogens (tertiary/aromatic N) is 1. The van der Waals surface area contributed by atoms with E-state index in [2.05, 4.69) is 17.3 Å². The molecule has 74 valence electrons. The highest BCUT2D eigenvalue weighted by molar-refractivity contribution is 5.05. The van der Waals surface area contributed by atoms with Gasteiger partial charge in [0.05, 0.1) is 6.54 Å². The van der Waals surface area contributed by atoms with Crippen molar-refractivity contribution in [1.29, 1.82) is 0 Å². The summed E-state index contributed by atoms with van der Waals surface area (Å²) in [6.07, 6.45) is 0. The number of nitrogens with one attached hydrogen (secondary N) is 1. The molecule has 1 aromatic heterocycles. The molecule has 0 saturated heterocycles. The molecule has 1 aromatic rings. The van der Waals surface area contributed by atoms with Crippen molar-refractivity contribution in [3.63, 3.8) is 0 Å². The van der Waals surface area contributed by atoms with Gasteiger partial charge >= 0.3 is 0 Å². The van der Waals surface area contributed by atoms with Crippen molar-refractivity contribution in [2.75, 3.05) is 27.2 Å². The minimum atomic E-state index is 0.884. The first kappa shape index (κ1) is 10.3. The normalized spacial score (nSPS) is 11.1. The van der Waals surface area contributed by atoms with Crippen LogP contribution < -0.4 is 5.32 Å². The zero-order chi connectivity index (χ0) is 9.68. The molecule has 3 nitrogen and oxygen atoms in total. The summed E-state index contributed by atoms with van der Waals surface area (Å²) in [6, 6.07) is 4.03. The van der Waals surface area contributed by atoms with Gasteiger partial charge in [-0.3, -0.25) is 4.90 Å². The average molecular weight is 182 g/mol. The second-order valence-electron chi connectivity index (χ2n) is 3.35. The number of hydrogen-bond donors (Lipinski definition) is 1. The van der Waals surface area contributed by atoms with Crippen LogP contribution in [-0.2, 0) is 6.54 Å². The highest BCUT2D eigenvalue weighted by Crippen LogP contribution is 2.07. The van der Waals surface area contributed by atoms with Gasteiger partial charge < -0.3 is 9.73 Å². The smallest absolute Gasteiger partial charge is 0.118 e. The van der Waals surface area contributed by atoms with Crippen LogP contribution in [0.15, 0.2) is 16.5 Å². The van der Waals surface area contributed by atoms with Crippen molar-refractivity contribution in [1.82, 2.24) is 10.2 Å². The van der Waals surface area contributed by atoms with Crippen LogP contribution in [0.4, 0.5) is 0 Å². The fourth-order valence-corrected chi connectivity index (χ4v) is 1.22. The summed E-state index contributed by atoms with van der Waals surface area (Å²) in [5.41, 5.74) is 0. The maximum absolute atomic E-state index is 5.47. The number of hydrogen-bond acceptors (Lipinski definition) is 3. The lowest BCUT2D eigenvalue weighted by Crippen LogP contribution is -2.26. The topological polar surface area (TPSA) is 28.4 Å². The molecule has 0 saturated carbocycles. The van der Waals surface area contributed by atoms with Crippen LogP contribution in [0.5, 0.6) is 0 Å². The SMILES string of the molecule is CNCCN(C)Cc1ccc(C)o1. The minimum absolute atomic E-state index is 0.884. The Balaban J connectivity index is 2.31. The summed E-state index contributed by atoms with van der Waals surface area (Å²) in [5.74, 6) is 2.02. The molecule has 0 unspecified atom stereocenters. The first-order chi connectivity index (χ1) is 6.22. The summed E-state index contributed by atoms with van der Waals surface area (Å²) in [5, 5.41) is 3.12. The highest BCUT2D eigenvalue weighted by atomic mass is 16.3. The molecule has 0 fully saturated rings. The fraction of sp³-hybridized carbons (Fsp3) is 0.600. The van der Waals surface area contributed by atoms with E-state index < -0.39 is 0 Å². The molecule has 0 bridgehead atoms. The third-order valence-corrected chi connectivity index (χ3v) is 1.97. The molecule has 0 radical (unpaired) electrons. The average Bonchev–Trinajstić information content (AvgIpc) is 2.48. The molecule has 0 atom stereocenters. The van der Waals surface area contributed by atoms with Crippen LogP contribution in [0.25, 0.3) is 0 Å². The zero-order valence-corrected chi connectivity index (χ0v) is 8.63. The molecule has 1 rings (SSSR count). The summed E-state index contributed by atoms with van der Waals surface area (Å²) >= 11 is 0. The summed E-state index contributed by atoms with van der Waals surface area (Å²) in [6.45, 7) is 4.90. The minimum Gasteiger partial charge on any atom is -0.465 e. The van der Waals surface area contributed by atoms with Crippen molar-refractivity contribution >= 4 is 0 Å². The second kappa shape index (κ2) is 5.04. The van der Waals surface area contributed by atoms with Gasteiger partial charge in [-0.1, -0.05) is 0 Å². The van der Waals surface area contributed by atoms with Crippen molar-refractivity contribution in [2.24, 2.45) is 0 Å². The molecular formula is C10H18N2O. The molecule has 0 spiro atoms. The van der Waals surface area contributed by atoms with Gasteiger partial charge in [-0.15, -0.1) is 0 Å². The lowest BCUT2D eigenvalue weighted by molar-refractivity contribution is 0.294. The first-order valence-corrected chi connectivity index (χ1v) is 4.61. The maximum atomic E-state index is 5.47. The Hall–Kier alpha value is -0.800. The van der Waals surface area contributed by atoms with Crippen LogP contribution in [0, 0.1) is 6.92 Å². The summed E-state index contributed by atoms with van der Waals surface area (Å²) < 4.78 is 5.47. The van der Waals surface area contributed by atoms with E-state index in [4.69, 9.17) is 4.42 Å². The molecule has 0 aliphatic rings. The van der Waals surface area contributed by atoms with Gasteiger partial charge in [0.25, 0.3) is 0 Å². The molecular weight excluding hydrogens is 164 g/mol. The van der Waals surface area contributed by atoms with E-state index in [1.165, 1.54) is 0 Å². The Morgan fingerprint density at radius 1 is 1.46 bits per heavy atom.